The lowest BCUT2D eigenvalue weighted by Gasteiger charge is -2.00. The first-order valence-corrected chi connectivity index (χ1v) is 5.83. The summed E-state index contributed by atoms with van der Waals surface area (Å²) in [7, 11) is 0. The predicted octanol–water partition coefficient (Wildman–Crippen LogP) is 3.14. The van der Waals surface area contributed by atoms with Crippen LogP contribution in [-0.2, 0) is 0 Å². The third-order valence-electron chi connectivity index (χ3n) is 2.25. The second kappa shape index (κ2) is 4.63. The van der Waals surface area contributed by atoms with Gasteiger partial charge in [0.05, 0.1) is 4.90 Å². The van der Waals surface area contributed by atoms with Crippen molar-refractivity contribution in [2.24, 2.45) is 0 Å². The Morgan fingerprint density at radius 2 is 1.94 bits per heavy atom. The van der Waals surface area contributed by atoms with Crippen LogP contribution in [0.1, 0.15) is 21.8 Å². The molecule has 0 amide bonds. The molecule has 0 radical (unpaired) electrons. The fourth-order valence-corrected chi connectivity index (χ4v) is 2.25. The SMILES string of the molecule is Cc1ccc(Sc2c(C(=O)O)noc2C)cc1. The Morgan fingerprint density at radius 1 is 1.29 bits per heavy atom. The first-order chi connectivity index (χ1) is 8.08. The molecule has 0 atom stereocenters. The van der Waals surface area contributed by atoms with Crippen LogP contribution in [0.2, 0.25) is 0 Å². The van der Waals surface area contributed by atoms with Crippen molar-refractivity contribution in [2.75, 3.05) is 0 Å². The lowest BCUT2D eigenvalue weighted by Crippen LogP contribution is -1.98. The molecule has 1 aromatic carbocycles. The summed E-state index contributed by atoms with van der Waals surface area (Å²) in [5, 5.41) is 12.5. The molecule has 0 aliphatic heterocycles. The summed E-state index contributed by atoms with van der Waals surface area (Å²) in [6.07, 6.45) is 0. The van der Waals surface area contributed by atoms with Crippen LogP contribution < -0.4 is 0 Å². The molecule has 1 heterocycles. The third-order valence-corrected chi connectivity index (χ3v) is 3.44. The molecule has 1 N–H and O–H groups in total. The summed E-state index contributed by atoms with van der Waals surface area (Å²) in [5.41, 5.74) is 1.13. The standard InChI is InChI=1S/C12H11NO3S/c1-7-3-5-9(6-4-7)17-11-8(2)16-13-10(11)12(14)15/h3-6H,1-2H3,(H,14,15). The van der Waals surface area contributed by atoms with Crippen molar-refractivity contribution < 1.29 is 14.4 Å². The van der Waals surface area contributed by atoms with Gasteiger partial charge >= 0.3 is 5.97 Å². The summed E-state index contributed by atoms with van der Waals surface area (Å²) in [4.78, 5) is 12.5. The van der Waals surface area contributed by atoms with Crippen LogP contribution in [0, 0.1) is 13.8 Å². The highest BCUT2D eigenvalue weighted by Gasteiger charge is 2.19. The zero-order chi connectivity index (χ0) is 12.4. The van der Waals surface area contributed by atoms with Gasteiger partial charge in [0.25, 0.3) is 0 Å². The van der Waals surface area contributed by atoms with Gasteiger partial charge in [-0.05, 0) is 26.0 Å². The van der Waals surface area contributed by atoms with E-state index in [2.05, 4.69) is 5.16 Å². The first kappa shape index (κ1) is 11.7. The monoisotopic (exact) mass is 249 g/mol. The van der Waals surface area contributed by atoms with E-state index in [0.29, 0.717) is 10.7 Å². The minimum atomic E-state index is -1.07. The normalized spacial score (nSPS) is 10.5. The molecule has 5 heteroatoms. The minimum absolute atomic E-state index is 0.0342. The molecule has 0 aliphatic rings. The van der Waals surface area contributed by atoms with E-state index in [1.54, 1.807) is 6.92 Å². The number of hydrogen-bond donors (Lipinski definition) is 1. The lowest BCUT2D eigenvalue weighted by molar-refractivity contribution is 0.0682. The number of aryl methyl sites for hydroxylation is 2. The van der Waals surface area contributed by atoms with Gasteiger partial charge in [-0.15, -0.1) is 0 Å². The molecule has 1 aromatic heterocycles. The number of aromatic carboxylic acids is 1. The van der Waals surface area contributed by atoms with E-state index < -0.39 is 5.97 Å². The van der Waals surface area contributed by atoms with Crippen LogP contribution in [-0.4, -0.2) is 16.2 Å². The van der Waals surface area contributed by atoms with Gasteiger partial charge in [-0.3, -0.25) is 0 Å². The number of nitrogens with zero attached hydrogens (tertiary/aromatic N) is 1. The zero-order valence-corrected chi connectivity index (χ0v) is 10.2. The molecule has 2 aromatic rings. The molecule has 4 nitrogen and oxygen atoms in total. The molecule has 0 fully saturated rings. The van der Waals surface area contributed by atoms with Gasteiger partial charge in [0.1, 0.15) is 5.76 Å². The van der Waals surface area contributed by atoms with E-state index in [9.17, 15) is 4.79 Å². The summed E-state index contributed by atoms with van der Waals surface area (Å²) in [6.45, 7) is 3.71. The van der Waals surface area contributed by atoms with Crippen LogP contribution in [0.4, 0.5) is 0 Å². The van der Waals surface area contributed by atoms with E-state index in [0.717, 1.165) is 10.5 Å². The van der Waals surface area contributed by atoms with E-state index in [1.807, 2.05) is 31.2 Å². The maximum atomic E-state index is 10.9. The Kier molecular flexibility index (Phi) is 3.19. The molecule has 2 rings (SSSR count). The van der Waals surface area contributed by atoms with Crippen LogP contribution >= 0.6 is 11.8 Å². The number of carbonyl (C=O) groups is 1. The van der Waals surface area contributed by atoms with Gasteiger partial charge in [-0.2, -0.15) is 0 Å². The lowest BCUT2D eigenvalue weighted by atomic mass is 10.2. The second-order valence-electron chi connectivity index (χ2n) is 3.64. The second-order valence-corrected chi connectivity index (χ2v) is 4.72. The van der Waals surface area contributed by atoms with Crippen molar-refractivity contribution in [3.05, 3.63) is 41.3 Å². The summed E-state index contributed by atoms with van der Waals surface area (Å²) in [5.74, 6) is -0.551. The zero-order valence-electron chi connectivity index (χ0n) is 9.43. The largest absolute Gasteiger partial charge is 0.476 e. The number of carboxylic acid groups (broad SMARTS) is 1. The first-order valence-electron chi connectivity index (χ1n) is 5.02. The van der Waals surface area contributed by atoms with Crippen molar-refractivity contribution in [1.82, 2.24) is 5.16 Å². The minimum Gasteiger partial charge on any atom is -0.476 e. The highest BCUT2D eigenvalue weighted by Crippen LogP contribution is 2.33. The Bertz CT molecular complexity index is 545. The highest BCUT2D eigenvalue weighted by molar-refractivity contribution is 7.99. The Balaban J connectivity index is 2.32. The summed E-state index contributed by atoms with van der Waals surface area (Å²) < 4.78 is 4.90. The van der Waals surface area contributed by atoms with Gasteiger partial charge in [0.15, 0.2) is 0 Å². The van der Waals surface area contributed by atoms with Crippen molar-refractivity contribution in [3.8, 4) is 0 Å². The molecule has 0 aliphatic carbocycles. The summed E-state index contributed by atoms with van der Waals surface area (Å²) >= 11 is 1.35. The molecule has 0 saturated heterocycles. The van der Waals surface area contributed by atoms with Gasteiger partial charge in [0, 0.05) is 4.90 Å². The van der Waals surface area contributed by atoms with E-state index >= 15 is 0 Å². The number of benzene rings is 1. The maximum Gasteiger partial charge on any atom is 0.359 e. The van der Waals surface area contributed by atoms with Crippen molar-refractivity contribution in [1.29, 1.82) is 0 Å². The van der Waals surface area contributed by atoms with Crippen molar-refractivity contribution >= 4 is 17.7 Å². The molecule has 0 saturated carbocycles. The smallest absolute Gasteiger partial charge is 0.359 e. The van der Waals surface area contributed by atoms with Crippen molar-refractivity contribution in [3.63, 3.8) is 0 Å². The van der Waals surface area contributed by atoms with Gasteiger partial charge in [-0.25, -0.2) is 4.79 Å². The molecule has 0 bridgehead atoms. The molecule has 0 spiro atoms. The van der Waals surface area contributed by atoms with Crippen LogP contribution in [0.3, 0.4) is 0 Å². The highest BCUT2D eigenvalue weighted by atomic mass is 32.2. The Hall–Kier alpha value is -1.75. The van der Waals surface area contributed by atoms with Crippen molar-refractivity contribution in [2.45, 2.75) is 23.6 Å². The molecule has 88 valence electrons. The fraction of sp³-hybridized carbons (Fsp3) is 0.167. The molecular formula is C12H11NO3S. The third kappa shape index (κ3) is 2.50. The number of hydrogen-bond acceptors (Lipinski definition) is 4. The quantitative estimate of drug-likeness (QED) is 0.905. The predicted molar refractivity (Wildman–Crippen MR) is 63.5 cm³/mol. The summed E-state index contributed by atoms with van der Waals surface area (Å²) in [6, 6.07) is 7.84. The molecular weight excluding hydrogens is 238 g/mol. The van der Waals surface area contributed by atoms with E-state index in [-0.39, 0.29) is 5.69 Å². The molecule has 0 unspecified atom stereocenters. The van der Waals surface area contributed by atoms with Crippen LogP contribution in [0.5, 0.6) is 0 Å². The Labute approximate surface area is 103 Å². The van der Waals surface area contributed by atoms with Gasteiger partial charge in [0.2, 0.25) is 5.69 Å². The van der Waals surface area contributed by atoms with Gasteiger partial charge < -0.3 is 9.63 Å². The van der Waals surface area contributed by atoms with Crippen LogP contribution in [0.15, 0.2) is 38.6 Å². The van der Waals surface area contributed by atoms with E-state index in [1.165, 1.54) is 11.8 Å². The Morgan fingerprint density at radius 3 is 2.53 bits per heavy atom. The average Bonchev–Trinajstić information content (AvgIpc) is 2.64. The number of carboxylic acids is 1. The molecule has 17 heavy (non-hydrogen) atoms. The van der Waals surface area contributed by atoms with Gasteiger partial charge in [-0.1, -0.05) is 34.6 Å². The number of aromatic nitrogens is 1. The fourth-order valence-electron chi connectivity index (χ4n) is 1.34. The number of rotatable bonds is 3. The van der Waals surface area contributed by atoms with E-state index in [4.69, 9.17) is 9.63 Å². The topological polar surface area (TPSA) is 63.3 Å². The van der Waals surface area contributed by atoms with Crippen LogP contribution in [0.25, 0.3) is 0 Å². The maximum absolute atomic E-state index is 10.9. The average molecular weight is 249 g/mol.